The number of carbonyl (C=O) groups is 2. The van der Waals surface area contributed by atoms with Crippen LogP contribution in [-0.4, -0.2) is 34.7 Å². The third kappa shape index (κ3) is 2.66. The molecule has 4 fully saturated rings. The van der Waals surface area contributed by atoms with E-state index in [1.165, 1.54) is 0 Å². The first-order valence-electron chi connectivity index (χ1n) is 8.80. The van der Waals surface area contributed by atoms with Gasteiger partial charge >= 0.3 is 11.9 Å². The van der Waals surface area contributed by atoms with Crippen LogP contribution in [0.3, 0.4) is 0 Å². The summed E-state index contributed by atoms with van der Waals surface area (Å²) in [6, 6.07) is 0. The number of hydrogen-bond acceptors (Lipinski definition) is 6. The first-order valence-corrected chi connectivity index (χ1v) is 8.80. The van der Waals surface area contributed by atoms with Crippen molar-refractivity contribution in [1.29, 1.82) is 0 Å². The first-order chi connectivity index (χ1) is 11.0. The molecule has 8 unspecified atom stereocenters. The van der Waals surface area contributed by atoms with Crippen LogP contribution in [0.4, 0.5) is 0 Å². The number of fused-ring (bicyclic) bond motifs is 2. The Labute approximate surface area is 135 Å². The zero-order valence-corrected chi connectivity index (χ0v) is 13.1. The molecule has 128 valence electrons. The van der Waals surface area contributed by atoms with E-state index in [0.717, 1.165) is 38.5 Å². The van der Waals surface area contributed by atoms with Gasteiger partial charge in [0.25, 0.3) is 0 Å². The summed E-state index contributed by atoms with van der Waals surface area (Å²) in [7, 11) is 0. The smallest absolute Gasteiger partial charge is 0.311 e. The number of rotatable bonds is 1. The molecule has 0 amide bonds. The van der Waals surface area contributed by atoms with Gasteiger partial charge in [-0.2, -0.15) is 0 Å². The Morgan fingerprint density at radius 3 is 2.13 bits per heavy atom. The van der Waals surface area contributed by atoms with Crippen molar-refractivity contribution in [3.05, 3.63) is 0 Å². The lowest BCUT2D eigenvalue weighted by Crippen LogP contribution is -2.43. The molecule has 0 radical (unpaired) electrons. The maximum absolute atomic E-state index is 12.1. The lowest BCUT2D eigenvalue weighted by molar-refractivity contribution is -0.195. The molecule has 2 aliphatic carbocycles. The van der Waals surface area contributed by atoms with Crippen LogP contribution in [0.25, 0.3) is 0 Å². The molecule has 0 aromatic heterocycles. The highest BCUT2D eigenvalue weighted by atomic mass is 16.6. The van der Waals surface area contributed by atoms with Crippen LogP contribution in [0, 0.1) is 35.5 Å². The van der Waals surface area contributed by atoms with Crippen molar-refractivity contribution < 1.29 is 29.3 Å². The molecule has 0 spiro atoms. The molecule has 6 heteroatoms. The largest absolute Gasteiger partial charge is 0.436 e. The maximum Gasteiger partial charge on any atom is 0.311 e. The second-order valence-electron chi connectivity index (χ2n) is 7.74. The molecule has 8 atom stereocenters. The van der Waals surface area contributed by atoms with Gasteiger partial charge in [-0.25, -0.2) is 0 Å². The number of ether oxygens (including phenoxy) is 2. The lowest BCUT2D eigenvalue weighted by atomic mass is 9.63. The summed E-state index contributed by atoms with van der Waals surface area (Å²) in [4.78, 5) is 23.9. The molecule has 0 bridgehead atoms. The fourth-order valence-electron chi connectivity index (χ4n) is 5.35. The van der Waals surface area contributed by atoms with Crippen LogP contribution in [0.5, 0.6) is 0 Å². The molecule has 23 heavy (non-hydrogen) atoms. The van der Waals surface area contributed by atoms with Gasteiger partial charge in [-0.3, -0.25) is 9.59 Å². The Hall–Kier alpha value is -1.14. The highest BCUT2D eigenvalue weighted by molar-refractivity contribution is 5.75. The van der Waals surface area contributed by atoms with E-state index in [-0.39, 0.29) is 35.6 Å². The van der Waals surface area contributed by atoms with Gasteiger partial charge in [-0.05, 0) is 56.3 Å². The van der Waals surface area contributed by atoms with Gasteiger partial charge in [0.2, 0.25) is 12.6 Å². The van der Waals surface area contributed by atoms with E-state index in [9.17, 15) is 19.8 Å². The van der Waals surface area contributed by atoms with Crippen LogP contribution in [-0.2, 0) is 19.1 Å². The predicted molar refractivity (Wildman–Crippen MR) is 77.5 cm³/mol. The van der Waals surface area contributed by atoms with Crippen molar-refractivity contribution in [2.45, 2.75) is 57.5 Å². The molecular formula is C17H24O6. The summed E-state index contributed by atoms with van der Waals surface area (Å²) in [6.07, 6.45) is 4.03. The van der Waals surface area contributed by atoms with E-state index in [4.69, 9.17) is 9.47 Å². The highest BCUT2D eigenvalue weighted by Crippen LogP contribution is 2.49. The molecule has 2 N–H and O–H groups in total. The van der Waals surface area contributed by atoms with E-state index in [1.807, 2.05) is 0 Å². The van der Waals surface area contributed by atoms with Crippen molar-refractivity contribution in [2.24, 2.45) is 35.5 Å². The van der Waals surface area contributed by atoms with Gasteiger partial charge in [-0.15, -0.1) is 0 Å². The summed E-state index contributed by atoms with van der Waals surface area (Å²) in [5, 5.41) is 19.3. The maximum atomic E-state index is 12.1. The Morgan fingerprint density at radius 1 is 0.739 bits per heavy atom. The van der Waals surface area contributed by atoms with Crippen molar-refractivity contribution in [1.82, 2.24) is 0 Å². The quantitative estimate of drug-likeness (QED) is 0.704. The molecule has 2 aliphatic heterocycles. The number of esters is 2. The molecule has 4 rings (SSSR count). The van der Waals surface area contributed by atoms with Gasteiger partial charge in [0, 0.05) is 12.3 Å². The summed E-state index contributed by atoms with van der Waals surface area (Å²) in [5.41, 5.74) is 0. The van der Waals surface area contributed by atoms with E-state index in [1.54, 1.807) is 0 Å². The van der Waals surface area contributed by atoms with Gasteiger partial charge in [0.05, 0.1) is 11.8 Å². The molecule has 6 nitrogen and oxygen atoms in total. The topological polar surface area (TPSA) is 93.1 Å². The van der Waals surface area contributed by atoms with Crippen LogP contribution in [0.2, 0.25) is 0 Å². The Kier molecular flexibility index (Phi) is 3.84. The van der Waals surface area contributed by atoms with Crippen LogP contribution in [0.1, 0.15) is 44.9 Å². The summed E-state index contributed by atoms with van der Waals surface area (Å²) < 4.78 is 9.97. The normalized spacial score (nSPS) is 49.8. The molecule has 2 saturated heterocycles. The van der Waals surface area contributed by atoms with Crippen LogP contribution >= 0.6 is 0 Å². The SMILES string of the molecule is O=C1OC(O)CC2CCC(C3CCC4C(O)OC(=O)C4C3)CC12. The van der Waals surface area contributed by atoms with Gasteiger partial charge < -0.3 is 19.7 Å². The number of cyclic esters (lactones) is 2. The number of aliphatic hydroxyl groups excluding tert-OH is 2. The highest BCUT2D eigenvalue weighted by Gasteiger charge is 2.50. The summed E-state index contributed by atoms with van der Waals surface area (Å²) in [5.74, 6) is 0.212. The lowest BCUT2D eigenvalue weighted by Gasteiger charge is -2.43. The fraction of sp³-hybridized carbons (Fsp3) is 0.882. The van der Waals surface area contributed by atoms with Crippen LogP contribution < -0.4 is 0 Å². The second-order valence-corrected chi connectivity index (χ2v) is 7.74. The van der Waals surface area contributed by atoms with Gasteiger partial charge in [0.15, 0.2) is 0 Å². The zero-order chi connectivity index (χ0) is 16.1. The molecule has 2 heterocycles. The van der Waals surface area contributed by atoms with Crippen molar-refractivity contribution >= 4 is 11.9 Å². The third-order valence-electron chi connectivity index (χ3n) is 6.61. The van der Waals surface area contributed by atoms with Gasteiger partial charge in [-0.1, -0.05) is 0 Å². The Morgan fingerprint density at radius 2 is 1.35 bits per heavy atom. The average Bonchev–Trinajstić information content (AvgIpc) is 2.81. The zero-order valence-electron chi connectivity index (χ0n) is 13.1. The number of carbonyl (C=O) groups excluding carboxylic acids is 2. The van der Waals surface area contributed by atoms with Crippen molar-refractivity contribution in [3.8, 4) is 0 Å². The molecule has 2 saturated carbocycles. The minimum atomic E-state index is -0.939. The molecule has 0 aromatic rings. The van der Waals surface area contributed by atoms with E-state index >= 15 is 0 Å². The third-order valence-corrected chi connectivity index (χ3v) is 6.61. The molecule has 4 aliphatic rings. The average molecular weight is 324 g/mol. The minimum absolute atomic E-state index is 0.0510. The number of hydrogen-bond donors (Lipinski definition) is 2. The monoisotopic (exact) mass is 324 g/mol. The summed E-state index contributed by atoms with van der Waals surface area (Å²) >= 11 is 0. The van der Waals surface area contributed by atoms with E-state index < -0.39 is 12.6 Å². The standard InChI is InChI=1S/C17H24O6/c18-14-7-10-2-1-8(5-12(10)16(20)22-14)9-3-4-11-13(6-9)17(21)23-15(11)19/h8-15,18-19H,1-7H2. The molecule has 0 aromatic carbocycles. The minimum Gasteiger partial charge on any atom is -0.436 e. The fourth-order valence-corrected chi connectivity index (χ4v) is 5.35. The Bertz CT molecular complexity index is 505. The van der Waals surface area contributed by atoms with Crippen molar-refractivity contribution in [2.75, 3.05) is 0 Å². The van der Waals surface area contributed by atoms with Gasteiger partial charge in [0.1, 0.15) is 0 Å². The molecular weight excluding hydrogens is 300 g/mol. The number of aliphatic hydroxyl groups is 2. The Balaban J connectivity index is 1.42. The van der Waals surface area contributed by atoms with Crippen LogP contribution in [0.15, 0.2) is 0 Å². The summed E-state index contributed by atoms with van der Waals surface area (Å²) in [6.45, 7) is 0. The first kappa shape index (κ1) is 15.4. The second kappa shape index (κ2) is 5.74. The van der Waals surface area contributed by atoms with E-state index in [0.29, 0.717) is 18.3 Å². The predicted octanol–water partition coefficient (Wildman–Crippen LogP) is 1.19. The van der Waals surface area contributed by atoms with Crippen molar-refractivity contribution in [3.63, 3.8) is 0 Å². The van der Waals surface area contributed by atoms with E-state index in [2.05, 4.69) is 0 Å².